The SMILES string of the molecule is CCCCC(CCC)C(C)OC(=O)C(C)(C)N. The molecular formula is C14H29NO2. The number of ether oxygens (including phenoxy) is 1. The lowest BCUT2D eigenvalue weighted by Crippen LogP contribution is -2.45. The first-order valence-corrected chi connectivity index (χ1v) is 6.82. The lowest BCUT2D eigenvalue weighted by atomic mass is 9.92. The lowest BCUT2D eigenvalue weighted by Gasteiger charge is -2.27. The van der Waals surface area contributed by atoms with Crippen LogP contribution in [0.2, 0.25) is 0 Å². The van der Waals surface area contributed by atoms with Crippen LogP contribution in [0.4, 0.5) is 0 Å². The van der Waals surface area contributed by atoms with Gasteiger partial charge in [0.05, 0.1) is 0 Å². The molecule has 3 nitrogen and oxygen atoms in total. The molecule has 0 aromatic heterocycles. The van der Waals surface area contributed by atoms with Crippen LogP contribution in [0.5, 0.6) is 0 Å². The molecule has 0 spiro atoms. The first kappa shape index (κ1) is 16.4. The number of rotatable bonds is 8. The van der Waals surface area contributed by atoms with Crippen LogP contribution in [0.3, 0.4) is 0 Å². The first-order chi connectivity index (χ1) is 7.82. The molecule has 3 heteroatoms. The minimum Gasteiger partial charge on any atom is -0.461 e. The minimum atomic E-state index is -0.893. The molecular weight excluding hydrogens is 214 g/mol. The smallest absolute Gasteiger partial charge is 0.325 e. The van der Waals surface area contributed by atoms with Crippen LogP contribution in [0.1, 0.15) is 66.7 Å². The number of unbranched alkanes of at least 4 members (excludes halogenated alkanes) is 1. The molecule has 102 valence electrons. The third kappa shape index (κ3) is 6.67. The van der Waals surface area contributed by atoms with Crippen molar-refractivity contribution in [2.75, 3.05) is 0 Å². The molecule has 0 saturated carbocycles. The summed E-state index contributed by atoms with van der Waals surface area (Å²) in [6.07, 6.45) is 5.71. The van der Waals surface area contributed by atoms with Crippen molar-refractivity contribution in [3.63, 3.8) is 0 Å². The highest BCUT2D eigenvalue weighted by Gasteiger charge is 2.28. The summed E-state index contributed by atoms with van der Waals surface area (Å²) in [5.74, 6) is 0.161. The normalized spacial score (nSPS) is 15.4. The predicted molar refractivity (Wildman–Crippen MR) is 71.7 cm³/mol. The van der Waals surface area contributed by atoms with Gasteiger partial charge in [-0.1, -0.05) is 33.1 Å². The van der Waals surface area contributed by atoms with Crippen molar-refractivity contribution in [3.05, 3.63) is 0 Å². The van der Waals surface area contributed by atoms with Crippen LogP contribution >= 0.6 is 0 Å². The van der Waals surface area contributed by atoms with E-state index in [0.29, 0.717) is 5.92 Å². The Kier molecular flexibility index (Phi) is 7.44. The molecule has 2 unspecified atom stereocenters. The van der Waals surface area contributed by atoms with Gasteiger partial charge in [0.15, 0.2) is 0 Å². The Morgan fingerprint density at radius 1 is 1.24 bits per heavy atom. The monoisotopic (exact) mass is 243 g/mol. The second kappa shape index (κ2) is 7.70. The molecule has 17 heavy (non-hydrogen) atoms. The van der Waals surface area contributed by atoms with Gasteiger partial charge in [0, 0.05) is 0 Å². The molecule has 0 aliphatic heterocycles. The maximum absolute atomic E-state index is 11.7. The first-order valence-electron chi connectivity index (χ1n) is 6.82. The van der Waals surface area contributed by atoms with Crippen LogP contribution in [-0.2, 0) is 9.53 Å². The maximum atomic E-state index is 11.7. The molecule has 0 rings (SSSR count). The van der Waals surface area contributed by atoms with E-state index in [1.807, 2.05) is 6.92 Å². The van der Waals surface area contributed by atoms with Crippen LogP contribution in [0, 0.1) is 5.92 Å². The van der Waals surface area contributed by atoms with Crippen LogP contribution in [0.25, 0.3) is 0 Å². The second-order valence-corrected chi connectivity index (χ2v) is 5.52. The van der Waals surface area contributed by atoms with Crippen molar-refractivity contribution in [1.29, 1.82) is 0 Å². The van der Waals surface area contributed by atoms with Gasteiger partial charge in [0.1, 0.15) is 11.6 Å². The van der Waals surface area contributed by atoms with Gasteiger partial charge in [-0.2, -0.15) is 0 Å². The quantitative estimate of drug-likeness (QED) is 0.666. The minimum absolute atomic E-state index is 0.0307. The Bertz CT molecular complexity index is 221. The van der Waals surface area contributed by atoms with E-state index in [9.17, 15) is 4.79 Å². The molecule has 0 aliphatic carbocycles. The van der Waals surface area contributed by atoms with Crippen LogP contribution < -0.4 is 5.73 Å². The number of hydrogen-bond acceptors (Lipinski definition) is 3. The standard InChI is InChI=1S/C14H29NO2/c1-6-8-10-12(9-7-2)11(3)17-13(16)14(4,5)15/h11-12H,6-10,15H2,1-5H3. The summed E-state index contributed by atoms with van der Waals surface area (Å²) in [6, 6.07) is 0. The molecule has 0 heterocycles. The average molecular weight is 243 g/mol. The van der Waals surface area contributed by atoms with Gasteiger partial charge in [0.25, 0.3) is 0 Å². The summed E-state index contributed by atoms with van der Waals surface area (Å²) in [5.41, 5.74) is 4.83. The van der Waals surface area contributed by atoms with Crippen molar-refractivity contribution in [3.8, 4) is 0 Å². The highest BCUT2D eigenvalue weighted by molar-refractivity contribution is 5.79. The molecule has 0 aliphatic rings. The zero-order valence-electron chi connectivity index (χ0n) is 12.1. The lowest BCUT2D eigenvalue weighted by molar-refractivity contribution is -0.156. The number of esters is 1. The summed E-state index contributed by atoms with van der Waals surface area (Å²) in [4.78, 5) is 11.7. The van der Waals surface area contributed by atoms with Crippen molar-refractivity contribution >= 4 is 5.97 Å². The molecule has 0 bridgehead atoms. The number of hydrogen-bond donors (Lipinski definition) is 1. The highest BCUT2D eigenvalue weighted by atomic mass is 16.5. The molecule has 0 amide bonds. The summed E-state index contributed by atoms with van der Waals surface area (Å²) in [5, 5.41) is 0. The van der Waals surface area contributed by atoms with E-state index in [4.69, 9.17) is 10.5 Å². The van der Waals surface area contributed by atoms with Crippen LogP contribution in [-0.4, -0.2) is 17.6 Å². The van der Waals surface area contributed by atoms with E-state index in [-0.39, 0.29) is 12.1 Å². The largest absolute Gasteiger partial charge is 0.461 e. The zero-order valence-corrected chi connectivity index (χ0v) is 12.1. The van der Waals surface area contributed by atoms with Crippen molar-refractivity contribution in [2.45, 2.75) is 78.4 Å². The average Bonchev–Trinajstić information content (AvgIpc) is 2.22. The molecule has 0 fully saturated rings. The number of carbonyl (C=O) groups excluding carboxylic acids is 1. The predicted octanol–water partition coefficient (Wildman–Crippen LogP) is 3.26. The maximum Gasteiger partial charge on any atom is 0.325 e. The van der Waals surface area contributed by atoms with Gasteiger partial charge in [-0.05, 0) is 39.5 Å². The van der Waals surface area contributed by atoms with E-state index in [2.05, 4.69) is 13.8 Å². The molecule has 0 aromatic carbocycles. The fourth-order valence-electron chi connectivity index (χ4n) is 1.87. The van der Waals surface area contributed by atoms with E-state index < -0.39 is 5.54 Å². The van der Waals surface area contributed by atoms with Gasteiger partial charge < -0.3 is 10.5 Å². The number of carbonyl (C=O) groups is 1. The van der Waals surface area contributed by atoms with Gasteiger partial charge >= 0.3 is 5.97 Å². The van der Waals surface area contributed by atoms with Crippen molar-refractivity contribution in [1.82, 2.24) is 0 Å². The molecule has 2 atom stereocenters. The van der Waals surface area contributed by atoms with Gasteiger partial charge in [-0.25, -0.2) is 0 Å². The molecule has 2 N–H and O–H groups in total. The van der Waals surface area contributed by atoms with E-state index >= 15 is 0 Å². The Labute approximate surface area is 106 Å². The van der Waals surface area contributed by atoms with Gasteiger partial charge in [-0.15, -0.1) is 0 Å². The Hall–Kier alpha value is -0.570. The fraction of sp³-hybridized carbons (Fsp3) is 0.929. The Morgan fingerprint density at radius 3 is 2.24 bits per heavy atom. The van der Waals surface area contributed by atoms with Crippen molar-refractivity contribution < 1.29 is 9.53 Å². The van der Waals surface area contributed by atoms with Gasteiger partial charge in [-0.3, -0.25) is 4.79 Å². The second-order valence-electron chi connectivity index (χ2n) is 5.52. The summed E-state index contributed by atoms with van der Waals surface area (Å²) >= 11 is 0. The third-order valence-corrected chi connectivity index (χ3v) is 3.07. The van der Waals surface area contributed by atoms with E-state index in [0.717, 1.165) is 19.3 Å². The topological polar surface area (TPSA) is 52.3 Å². The zero-order chi connectivity index (χ0) is 13.5. The Balaban J connectivity index is 4.30. The van der Waals surface area contributed by atoms with Crippen LogP contribution in [0.15, 0.2) is 0 Å². The van der Waals surface area contributed by atoms with Crippen molar-refractivity contribution in [2.24, 2.45) is 11.7 Å². The third-order valence-electron chi connectivity index (χ3n) is 3.07. The molecule has 0 saturated heterocycles. The van der Waals surface area contributed by atoms with Gasteiger partial charge in [0.2, 0.25) is 0 Å². The molecule has 0 aromatic rings. The Morgan fingerprint density at radius 2 is 1.82 bits per heavy atom. The summed E-state index contributed by atoms with van der Waals surface area (Å²) in [6.45, 7) is 9.70. The molecule has 0 radical (unpaired) electrons. The van der Waals surface area contributed by atoms with E-state index in [1.54, 1.807) is 13.8 Å². The fourth-order valence-corrected chi connectivity index (χ4v) is 1.87. The number of nitrogens with two attached hydrogens (primary N) is 1. The summed E-state index contributed by atoms with van der Waals surface area (Å²) in [7, 11) is 0. The van der Waals surface area contributed by atoms with E-state index in [1.165, 1.54) is 12.8 Å². The summed E-state index contributed by atoms with van der Waals surface area (Å²) < 4.78 is 5.46. The highest BCUT2D eigenvalue weighted by Crippen LogP contribution is 2.22.